The third-order valence-electron chi connectivity index (χ3n) is 13.9. The van der Waals surface area contributed by atoms with Gasteiger partial charge in [0, 0.05) is 35.9 Å². The number of aromatic hydroxyl groups is 1. The fourth-order valence-electron chi connectivity index (χ4n) is 7.95. The van der Waals surface area contributed by atoms with Crippen LogP contribution in [0.5, 0.6) is 5.75 Å². The van der Waals surface area contributed by atoms with E-state index in [4.69, 9.17) is 10.8 Å². The van der Waals surface area contributed by atoms with Crippen LogP contribution >= 0.6 is 50.5 Å². The number of aliphatic hydroxyl groups excluding tert-OH is 2. The number of phenolic OH excluding ortho intramolecular Hbond substituents is 1. The van der Waals surface area contributed by atoms with Crippen LogP contribution in [0.2, 0.25) is 0 Å². The number of carboxylic acids is 3. The Hall–Kier alpha value is -8.18. The molecule has 0 aromatic heterocycles. The number of carbonyl (C=O) groups is 16. The lowest BCUT2D eigenvalue weighted by Gasteiger charge is -2.29. The summed E-state index contributed by atoms with van der Waals surface area (Å²) in [6.45, 7) is 8.33. The summed E-state index contributed by atoms with van der Waals surface area (Å²) in [6.07, 6.45) is -5.09. The quantitative estimate of drug-likeness (QED) is 0.0270. The zero-order valence-electron chi connectivity index (χ0n) is 52.7. The molecule has 0 fully saturated rings. The van der Waals surface area contributed by atoms with E-state index in [1.54, 1.807) is 13.8 Å². The number of hydrogen-bond donors (Lipinski definition) is 24. The Bertz CT molecular complexity index is 2900. The van der Waals surface area contributed by atoms with Crippen molar-refractivity contribution >= 4 is 145 Å². The number of carboxylic acid groups (broad SMARTS) is 3. The van der Waals surface area contributed by atoms with Crippen LogP contribution in [-0.4, -0.2) is 246 Å². The molecule has 1 aromatic rings. The van der Waals surface area contributed by atoms with Crippen molar-refractivity contribution in [2.45, 2.75) is 171 Å². The van der Waals surface area contributed by atoms with E-state index in [1.165, 1.54) is 52.0 Å². The topological polar surface area (TPSA) is 577 Å². The highest BCUT2D eigenvalue weighted by Crippen LogP contribution is 2.14. The van der Waals surface area contributed by atoms with Crippen LogP contribution in [0.1, 0.15) is 79.7 Å². The summed E-state index contributed by atoms with van der Waals surface area (Å²) in [5.41, 5.74) is 6.04. The van der Waals surface area contributed by atoms with Crippen LogP contribution in [0.3, 0.4) is 0 Å². The number of amides is 13. The second-order valence-corrected chi connectivity index (χ2v) is 23.2. The second-order valence-electron chi connectivity index (χ2n) is 21.7. The van der Waals surface area contributed by atoms with Gasteiger partial charge in [-0.15, -0.1) is 0 Å². The van der Waals surface area contributed by atoms with Crippen molar-refractivity contribution in [2.75, 3.05) is 29.6 Å². The van der Waals surface area contributed by atoms with Gasteiger partial charge >= 0.3 is 17.9 Å². The van der Waals surface area contributed by atoms with Crippen LogP contribution in [0.15, 0.2) is 24.3 Å². The van der Waals surface area contributed by atoms with Gasteiger partial charge in [0.2, 0.25) is 76.8 Å². The molecule has 0 bridgehead atoms. The SMILES string of the molecule is CC[C@H](C)[C@H](NC(=O)[C@H](CCC(=O)O)NC(=O)[C@H](CS)NC(=O)[C@@H](N)[C@@H](C)O)C(=O)N[C@@H](CS)C(=O)N[C@@H](C)C(=O)N[C@@H](Cc1ccc(O)cc1)C(=O)N[C@@H](C)C(=O)N[C@@H](C)C(=O)N[C@@H](CS)C(=O)N[C@H](C(=O)NCC(=O)N[C@@H](CS)C(=O)N[C@@H](CC(=O)O)C(=O)O)[C@@H](C)O. The average molecular weight is 1420 g/mol. The summed E-state index contributed by atoms with van der Waals surface area (Å²) < 4.78 is 0. The molecule has 0 spiro atoms. The molecule has 0 unspecified atom stereocenters. The molecule has 1 rings (SSSR count). The first-order valence-corrected chi connectivity index (χ1v) is 31.8. The Morgan fingerprint density at radius 1 is 0.432 bits per heavy atom. The highest BCUT2D eigenvalue weighted by Gasteiger charge is 2.37. The van der Waals surface area contributed by atoms with Gasteiger partial charge in [-0.25, -0.2) is 4.79 Å². The number of aliphatic hydroxyl groups is 2. The Kier molecular flexibility index (Phi) is 37.8. The van der Waals surface area contributed by atoms with Crippen molar-refractivity contribution in [3.8, 4) is 5.75 Å². The van der Waals surface area contributed by atoms with Gasteiger partial charge in [-0.1, -0.05) is 32.4 Å². The first-order chi connectivity index (χ1) is 44.4. The highest BCUT2D eigenvalue weighted by molar-refractivity contribution is 7.80. The maximum atomic E-state index is 13.9. The molecule has 1 aromatic carbocycles. The number of nitrogens with one attached hydrogen (secondary N) is 13. The van der Waals surface area contributed by atoms with Crippen LogP contribution < -0.4 is 74.9 Å². The van der Waals surface area contributed by atoms with Gasteiger partial charge in [-0.3, -0.25) is 71.9 Å². The number of nitrogens with two attached hydrogens (primary N) is 1. The normalized spacial score (nSPS) is 16.1. The number of phenols is 1. The third kappa shape index (κ3) is 30.0. The van der Waals surface area contributed by atoms with Crippen LogP contribution in [0.4, 0.5) is 0 Å². The first kappa shape index (κ1) is 84.8. The Morgan fingerprint density at radius 2 is 0.811 bits per heavy atom. The summed E-state index contributed by atoms with van der Waals surface area (Å²) >= 11 is 16.3. The standard InChI is InChI=1S/C55H86N14O22S4/c1-8-22(2)41(68-46(81)30(13-14-38(74)75)62-50(85)35(20-94)66-52(87)40(56)26(6)70)54(89)67-34(19-93)48(83)60-25(5)44(79)63-31(15-28-9-11-29(72)12-10-28)47(82)59-23(3)43(78)58-24(4)45(80)65-36(21-95)51(86)69-42(27(7)71)53(88)57-17-37(73)61-33(18-92)49(84)64-32(55(90)91)16-39(76)77/h9-12,22-27,30-36,40-42,70-72,92-95H,8,13-21,56H2,1-7H3,(H,57,88)(H,58,78)(H,59,82)(H,60,83)(H,61,73)(H,62,85)(H,63,79)(H,64,84)(H,65,80)(H,66,87)(H,67,89)(H,68,81)(H,69,86)(H,74,75)(H,76,77)(H,90,91)/t22-,23-,24-,25-,26+,27+,30-,31-,32-,33-,34-,35-,36-,40-,41-,42-/m0/s1. The van der Waals surface area contributed by atoms with Crippen molar-refractivity contribution in [3.05, 3.63) is 29.8 Å². The number of carbonyl (C=O) groups excluding carboxylic acids is 13. The van der Waals surface area contributed by atoms with Crippen molar-refractivity contribution in [1.29, 1.82) is 0 Å². The van der Waals surface area contributed by atoms with Gasteiger partial charge in [0.15, 0.2) is 0 Å². The van der Waals surface area contributed by atoms with E-state index in [2.05, 4.69) is 114 Å². The molecular weight excluding hydrogens is 1340 g/mol. The van der Waals surface area contributed by atoms with Gasteiger partial charge < -0.3 is 105 Å². The predicted molar refractivity (Wildman–Crippen MR) is 348 cm³/mol. The lowest BCUT2D eigenvalue weighted by Crippen LogP contribution is -2.61. The molecule has 0 heterocycles. The Balaban J connectivity index is 3.17. The maximum absolute atomic E-state index is 13.9. The smallest absolute Gasteiger partial charge is 0.326 e. The lowest BCUT2D eigenvalue weighted by molar-refractivity contribution is -0.147. The van der Waals surface area contributed by atoms with Crippen LogP contribution in [0, 0.1) is 5.92 Å². The molecule has 0 aliphatic heterocycles. The fourth-order valence-corrected chi connectivity index (χ4v) is 8.98. The summed E-state index contributed by atoms with van der Waals surface area (Å²) in [5, 5.41) is 87.6. The zero-order valence-corrected chi connectivity index (χ0v) is 56.3. The van der Waals surface area contributed by atoms with E-state index in [0.717, 1.165) is 6.92 Å². The number of aliphatic carboxylic acids is 3. The predicted octanol–water partition coefficient (Wildman–Crippen LogP) is -7.79. The second kappa shape index (κ2) is 42.3. The minimum Gasteiger partial charge on any atom is -0.508 e. The van der Waals surface area contributed by atoms with Gasteiger partial charge in [-0.2, -0.15) is 50.5 Å². The minimum absolute atomic E-state index is 0.146. The molecule has 0 aliphatic rings. The van der Waals surface area contributed by atoms with Crippen molar-refractivity contribution in [2.24, 2.45) is 11.7 Å². The molecule has 532 valence electrons. The van der Waals surface area contributed by atoms with Gasteiger partial charge in [0.1, 0.15) is 84.3 Å². The molecule has 0 saturated carbocycles. The average Bonchev–Trinajstić information content (AvgIpc) is 0.959. The number of thiol groups is 4. The molecule has 16 atom stereocenters. The zero-order chi connectivity index (χ0) is 72.7. The highest BCUT2D eigenvalue weighted by atomic mass is 32.1. The lowest BCUT2D eigenvalue weighted by atomic mass is 9.97. The summed E-state index contributed by atoms with van der Waals surface area (Å²) in [6, 6.07) is -14.5. The molecular formula is C55H86N14O22S4. The van der Waals surface area contributed by atoms with E-state index in [9.17, 15) is 102 Å². The van der Waals surface area contributed by atoms with Crippen LogP contribution in [0.25, 0.3) is 0 Å². The first-order valence-electron chi connectivity index (χ1n) is 29.3. The fraction of sp³-hybridized carbons (Fsp3) is 0.600. The molecule has 95 heavy (non-hydrogen) atoms. The van der Waals surface area contributed by atoms with E-state index in [-0.39, 0.29) is 30.1 Å². The van der Waals surface area contributed by atoms with Crippen LogP contribution in [-0.2, 0) is 83.1 Å². The number of rotatable bonds is 42. The van der Waals surface area contributed by atoms with E-state index < -0.39 is 229 Å². The number of hydrogen-bond acceptors (Lipinski definition) is 24. The molecule has 40 heteroatoms. The van der Waals surface area contributed by atoms with Crippen molar-refractivity contribution in [1.82, 2.24) is 69.1 Å². The van der Waals surface area contributed by atoms with E-state index in [0.29, 0.717) is 5.56 Å². The van der Waals surface area contributed by atoms with Gasteiger partial charge in [-0.05, 0) is 64.7 Å². The summed E-state index contributed by atoms with van der Waals surface area (Å²) in [4.78, 5) is 207. The van der Waals surface area contributed by atoms with Gasteiger partial charge in [0.25, 0.3) is 0 Å². The minimum atomic E-state index is -1.85. The van der Waals surface area contributed by atoms with E-state index in [1.807, 2.05) is 5.32 Å². The molecule has 36 nitrogen and oxygen atoms in total. The Morgan fingerprint density at radius 3 is 1.25 bits per heavy atom. The molecule has 21 N–H and O–H groups in total. The monoisotopic (exact) mass is 1420 g/mol. The third-order valence-corrected chi connectivity index (χ3v) is 15.4. The summed E-state index contributed by atoms with van der Waals surface area (Å²) in [7, 11) is 0. The summed E-state index contributed by atoms with van der Waals surface area (Å²) in [5.74, 6) is -20.1. The molecule has 0 radical (unpaired) electrons. The molecule has 13 amide bonds. The van der Waals surface area contributed by atoms with Crippen molar-refractivity contribution in [3.63, 3.8) is 0 Å². The number of benzene rings is 1. The van der Waals surface area contributed by atoms with E-state index >= 15 is 0 Å². The van der Waals surface area contributed by atoms with Gasteiger partial charge in [0.05, 0.1) is 25.2 Å². The molecule has 0 saturated heterocycles. The largest absolute Gasteiger partial charge is 0.508 e. The van der Waals surface area contributed by atoms with Crippen molar-refractivity contribution < 1.29 is 107 Å². The maximum Gasteiger partial charge on any atom is 0.326 e. The molecule has 0 aliphatic carbocycles. The Labute approximate surface area is 567 Å².